The van der Waals surface area contributed by atoms with Gasteiger partial charge in [-0.25, -0.2) is 0 Å². The number of amides is 2. The molecule has 202 valence electrons. The Morgan fingerprint density at radius 3 is 2.67 bits per heavy atom. The van der Waals surface area contributed by atoms with Gasteiger partial charge in [-0.1, -0.05) is 24.3 Å². The van der Waals surface area contributed by atoms with Crippen molar-refractivity contribution in [3.63, 3.8) is 0 Å². The van der Waals surface area contributed by atoms with E-state index in [4.69, 9.17) is 0 Å². The maximum atomic E-state index is 13.1. The minimum Gasteiger partial charge on any atom is -0.351 e. The number of aryl methyl sites for hydroxylation is 2. The molecule has 1 aromatic carbocycles. The van der Waals surface area contributed by atoms with Gasteiger partial charge in [0.2, 0.25) is 5.82 Å². The van der Waals surface area contributed by atoms with Crippen LogP contribution in [0.25, 0.3) is 16.8 Å². The van der Waals surface area contributed by atoms with E-state index in [1.54, 1.807) is 34.5 Å². The van der Waals surface area contributed by atoms with E-state index in [0.29, 0.717) is 29.1 Å². The lowest BCUT2D eigenvalue weighted by Crippen LogP contribution is -2.37. The number of nitrogens with one attached hydrogen (secondary N) is 2. The lowest BCUT2D eigenvalue weighted by Gasteiger charge is -2.28. The summed E-state index contributed by atoms with van der Waals surface area (Å²) in [5, 5.41) is 18.3. The molecule has 2 N–H and O–H groups in total. The second-order valence-corrected chi connectivity index (χ2v) is 9.93. The van der Waals surface area contributed by atoms with Gasteiger partial charge in [-0.05, 0) is 48.2 Å². The highest BCUT2D eigenvalue weighted by Crippen LogP contribution is 2.21. The number of hydrogen-bond acceptors (Lipinski definition) is 7. The predicted molar refractivity (Wildman–Crippen MR) is 150 cm³/mol. The first-order chi connectivity index (χ1) is 19.4. The Morgan fingerprint density at radius 1 is 1.00 bits per heavy atom. The summed E-state index contributed by atoms with van der Waals surface area (Å²) in [4.78, 5) is 32.7. The fraction of sp³-hybridized carbons (Fsp3) is 0.241. The van der Waals surface area contributed by atoms with E-state index in [1.807, 2.05) is 25.4 Å². The van der Waals surface area contributed by atoms with Crippen LogP contribution in [0.2, 0.25) is 0 Å². The summed E-state index contributed by atoms with van der Waals surface area (Å²) in [7, 11) is 1.85. The molecule has 11 heteroatoms. The fourth-order valence-electron chi connectivity index (χ4n) is 4.93. The molecule has 0 saturated carbocycles. The van der Waals surface area contributed by atoms with Crippen molar-refractivity contribution in [2.75, 3.05) is 25.0 Å². The van der Waals surface area contributed by atoms with Crippen LogP contribution in [0.15, 0.2) is 67.3 Å². The molecule has 1 aliphatic rings. The molecule has 0 saturated heterocycles. The lowest BCUT2D eigenvalue weighted by molar-refractivity contribution is 0.0945. The second kappa shape index (κ2) is 10.7. The molecule has 4 aromatic heterocycles. The molecule has 0 unspecified atom stereocenters. The van der Waals surface area contributed by atoms with Gasteiger partial charge < -0.3 is 10.6 Å². The molecule has 2 amide bonds. The smallest absolute Gasteiger partial charge is 0.294 e. The van der Waals surface area contributed by atoms with Crippen molar-refractivity contribution >= 4 is 23.1 Å². The topological polar surface area (TPSA) is 122 Å². The third-order valence-corrected chi connectivity index (χ3v) is 7.17. The Morgan fingerprint density at radius 2 is 1.85 bits per heavy atom. The van der Waals surface area contributed by atoms with Gasteiger partial charge in [0.05, 0.1) is 23.1 Å². The van der Waals surface area contributed by atoms with E-state index in [0.717, 1.165) is 37.2 Å². The molecular formula is C29H29N9O2. The third kappa shape index (κ3) is 5.19. The molecule has 6 rings (SSSR count). The number of benzene rings is 1. The van der Waals surface area contributed by atoms with Gasteiger partial charge in [0, 0.05) is 57.4 Å². The summed E-state index contributed by atoms with van der Waals surface area (Å²) in [5.41, 5.74) is 6.54. The summed E-state index contributed by atoms with van der Waals surface area (Å²) in [6.45, 7) is 4.90. The zero-order chi connectivity index (χ0) is 27.6. The van der Waals surface area contributed by atoms with Crippen LogP contribution in [-0.4, -0.2) is 65.7 Å². The van der Waals surface area contributed by atoms with Crippen LogP contribution in [0.3, 0.4) is 0 Å². The molecule has 0 atom stereocenters. The van der Waals surface area contributed by atoms with E-state index in [1.165, 1.54) is 17.3 Å². The first-order valence-electron chi connectivity index (χ1n) is 13.1. The Bertz CT molecular complexity index is 1720. The van der Waals surface area contributed by atoms with E-state index < -0.39 is 5.91 Å². The monoisotopic (exact) mass is 535 g/mol. The van der Waals surface area contributed by atoms with Crippen LogP contribution in [0.5, 0.6) is 0 Å². The van der Waals surface area contributed by atoms with E-state index in [9.17, 15) is 9.59 Å². The number of aromatic nitrogens is 6. The molecular weight excluding hydrogens is 506 g/mol. The first-order valence-corrected chi connectivity index (χ1v) is 13.1. The van der Waals surface area contributed by atoms with Crippen LogP contribution >= 0.6 is 0 Å². The summed E-state index contributed by atoms with van der Waals surface area (Å²) in [5.74, 6) is -0.559. The standard InChI is InChI=1S/C29H29N9O2/c1-19-25(33-29(40)27-35-34-26-14-21(8-11-38(26)27)24-16-32-36(2)17-24)13-23(15-31-19)28(39)30-9-12-37-10-7-20-5-3-4-6-22(20)18-37/h3-6,8,11,13-17H,7,9-10,12,18H2,1-2H3,(H,30,39)(H,33,40). The molecule has 40 heavy (non-hydrogen) atoms. The number of nitrogens with zero attached hydrogens (tertiary/aromatic N) is 7. The number of fused-ring (bicyclic) bond motifs is 2. The molecule has 1 aliphatic heterocycles. The van der Waals surface area contributed by atoms with Gasteiger partial charge >= 0.3 is 0 Å². The van der Waals surface area contributed by atoms with E-state index in [2.05, 4.69) is 60.1 Å². The molecule has 5 heterocycles. The van der Waals surface area contributed by atoms with Crippen LogP contribution in [0.1, 0.15) is 37.8 Å². The van der Waals surface area contributed by atoms with Crippen LogP contribution in [0.4, 0.5) is 5.69 Å². The average molecular weight is 536 g/mol. The van der Waals surface area contributed by atoms with Gasteiger partial charge in [0.25, 0.3) is 11.8 Å². The lowest BCUT2D eigenvalue weighted by atomic mass is 10.00. The summed E-state index contributed by atoms with van der Waals surface area (Å²) < 4.78 is 3.34. The minimum absolute atomic E-state index is 0.130. The zero-order valence-corrected chi connectivity index (χ0v) is 22.3. The molecule has 0 aliphatic carbocycles. The number of rotatable bonds is 7. The maximum Gasteiger partial charge on any atom is 0.294 e. The number of pyridine rings is 2. The Balaban J connectivity index is 1.09. The van der Waals surface area contributed by atoms with Gasteiger partial charge in [0.15, 0.2) is 5.65 Å². The van der Waals surface area contributed by atoms with Crippen molar-refractivity contribution in [1.82, 2.24) is 39.6 Å². The molecule has 5 aromatic rings. The Kier molecular flexibility index (Phi) is 6.79. The molecule has 0 spiro atoms. The van der Waals surface area contributed by atoms with Crippen molar-refractivity contribution in [1.29, 1.82) is 0 Å². The Hall–Kier alpha value is -4.90. The second-order valence-electron chi connectivity index (χ2n) is 9.93. The van der Waals surface area contributed by atoms with Crippen LogP contribution in [0, 0.1) is 6.92 Å². The number of hydrogen-bond donors (Lipinski definition) is 2. The van der Waals surface area contributed by atoms with E-state index in [-0.39, 0.29) is 11.7 Å². The number of carbonyl (C=O) groups is 2. The summed E-state index contributed by atoms with van der Waals surface area (Å²) >= 11 is 0. The molecule has 0 bridgehead atoms. The van der Waals surface area contributed by atoms with Crippen LogP contribution in [-0.2, 0) is 20.0 Å². The van der Waals surface area contributed by atoms with Crippen LogP contribution < -0.4 is 10.6 Å². The third-order valence-electron chi connectivity index (χ3n) is 7.17. The molecule has 0 fully saturated rings. The van der Waals surface area contributed by atoms with Gasteiger partial charge in [-0.2, -0.15) is 5.10 Å². The normalized spacial score (nSPS) is 13.2. The van der Waals surface area contributed by atoms with E-state index >= 15 is 0 Å². The first kappa shape index (κ1) is 25.4. The highest BCUT2D eigenvalue weighted by atomic mass is 16.2. The predicted octanol–water partition coefficient (Wildman–Crippen LogP) is 2.87. The average Bonchev–Trinajstić information content (AvgIpc) is 3.60. The van der Waals surface area contributed by atoms with Crippen molar-refractivity contribution in [3.05, 3.63) is 95.5 Å². The highest BCUT2D eigenvalue weighted by Gasteiger charge is 2.19. The quantitative estimate of drug-likeness (QED) is 0.329. The molecule has 11 nitrogen and oxygen atoms in total. The minimum atomic E-state index is -0.450. The SMILES string of the molecule is Cc1ncc(C(=O)NCCN2CCc3ccccc3C2)cc1NC(=O)c1nnc2cc(-c3cnn(C)c3)ccn12. The van der Waals surface area contributed by atoms with Crippen molar-refractivity contribution in [2.45, 2.75) is 19.9 Å². The number of carbonyl (C=O) groups excluding carboxylic acids is 2. The number of anilines is 1. The highest BCUT2D eigenvalue weighted by molar-refractivity contribution is 6.03. The zero-order valence-electron chi connectivity index (χ0n) is 22.3. The van der Waals surface area contributed by atoms with Gasteiger partial charge in [0.1, 0.15) is 0 Å². The largest absolute Gasteiger partial charge is 0.351 e. The van der Waals surface area contributed by atoms with Crippen molar-refractivity contribution in [3.8, 4) is 11.1 Å². The molecule has 0 radical (unpaired) electrons. The van der Waals surface area contributed by atoms with Crippen molar-refractivity contribution < 1.29 is 9.59 Å². The summed E-state index contributed by atoms with van der Waals surface area (Å²) in [6.07, 6.45) is 7.96. The summed E-state index contributed by atoms with van der Waals surface area (Å²) in [6, 6.07) is 13.9. The van der Waals surface area contributed by atoms with Gasteiger partial charge in [-0.15, -0.1) is 10.2 Å². The fourth-order valence-corrected chi connectivity index (χ4v) is 4.93. The maximum absolute atomic E-state index is 13.1. The van der Waals surface area contributed by atoms with Crippen molar-refractivity contribution in [2.24, 2.45) is 7.05 Å². The Labute approximate surface area is 230 Å². The van der Waals surface area contributed by atoms with Gasteiger partial charge in [-0.3, -0.25) is 28.6 Å².